The van der Waals surface area contributed by atoms with E-state index < -0.39 is 32.2 Å². The number of nitrogens with zero attached hydrogens (tertiary/aromatic N) is 2. The second-order valence-corrected chi connectivity index (χ2v) is 6.11. The molecule has 0 aliphatic rings. The largest absolute Gasteiger partial charge is 0.396 e. The Balaban J connectivity index is 2.37. The topological polar surface area (TPSA) is 92.1 Å². The standard InChI is InChI=1S/C11H12F2N4O2S/c1-17(6-11-15-2-3-16-11)20(18,19)10-5-9(14)7(12)4-8(10)13/h2-5H,6,14H2,1H3,(H,15,16). The van der Waals surface area contributed by atoms with E-state index in [0.29, 0.717) is 11.9 Å². The van der Waals surface area contributed by atoms with Gasteiger partial charge >= 0.3 is 0 Å². The van der Waals surface area contributed by atoms with Crippen LogP contribution in [0.15, 0.2) is 29.4 Å². The molecule has 0 spiro atoms. The van der Waals surface area contributed by atoms with Crippen LogP contribution in [0, 0.1) is 11.6 Å². The minimum absolute atomic E-state index is 0.0773. The Hall–Kier alpha value is -2.00. The molecule has 3 N–H and O–H groups in total. The number of sulfonamides is 1. The highest BCUT2D eigenvalue weighted by Crippen LogP contribution is 2.24. The van der Waals surface area contributed by atoms with Crippen LogP contribution in [0.5, 0.6) is 0 Å². The molecular weight excluding hydrogens is 290 g/mol. The third kappa shape index (κ3) is 2.63. The number of nitrogen functional groups attached to an aromatic ring is 1. The van der Waals surface area contributed by atoms with Gasteiger partial charge in [-0.15, -0.1) is 0 Å². The number of hydrogen-bond donors (Lipinski definition) is 2. The second-order valence-electron chi connectivity index (χ2n) is 4.10. The van der Waals surface area contributed by atoms with Crippen molar-refractivity contribution in [1.29, 1.82) is 0 Å². The first kappa shape index (κ1) is 14.4. The fraction of sp³-hybridized carbons (Fsp3) is 0.182. The summed E-state index contributed by atoms with van der Waals surface area (Å²) in [6, 6.07) is 1.21. The van der Waals surface area contributed by atoms with Crippen LogP contribution in [-0.4, -0.2) is 29.7 Å². The van der Waals surface area contributed by atoms with Crippen molar-refractivity contribution in [1.82, 2.24) is 14.3 Å². The number of imidazole rings is 1. The van der Waals surface area contributed by atoms with E-state index in [1.165, 1.54) is 19.4 Å². The SMILES string of the molecule is CN(Cc1ncc[nH]1)S(=O)(=O)c1cc(N)c(F)cc1F. The van der Waals surface area contributed by atoms with E-state index in [1.54, 1.807) is 0 Å². The summed E-state index contributed by atoms with van der Waals surface area (Å²) in [5.74, 6) is -1.80. The third-order valence-electron chi connectivity index (χ3n) is 2.67. The molecule has 1 aromatic heterocycles. The Morgan fingerprint density at radius 1 is 1.35 bits per heavy atom. The van der Waals surface area contributed by atoms with Crippen LogP contribution in [0.3, 0.4) is 0 Å². The maximum Gasteiger partial charge on any atom is 0.246 e. The molecule has 6 nitrogen and oxygen atoms in total. The van der Waals surface area contributed by atoms with E-state index in [2.05, 4.69) is 9.97 Å². The molecule has 0 atom stereocenters. The summed E-state index contributed by atoms with van der Waals surface area (Å²) < 4.78 is 52.0. The number of aromatic nitrogens is 2. The van der Waals surface area contributed by atoms with Crippen molar-refractivity contribution < 1.29 is 17.2 Å². The predicted octanol–water partition coefficient (Wildman–Crippen LogP) is 1.09. The molecule has 0 aliphatic carbocycles. The smallest absolute Gasteiger partial charge is 0.246 e. The minimum atomic E-state index is -4.13. The Bertz CT molecular complexity index is 716. The maximum absolute atomic E-state index is 13.6. The molecule has 1 heterocycles. The molecule has 0 aliphatic heterocycles. The van der Waals surface area contributed by atoms with Crippen LogP contribution in [0.25, 0.3) is 0 Å². The van der Waals surface area contributed by atoms with Crippen LogP contribution in [0.2, 0.25) is 0 Å². The van der Waals surface area contributed by atoms with E-state index in [9.17, 15) is 17.2 Å². The van der Waals surface area contributed by atoms with Gasteiger partial charge in [-0.1, -0.05) is 0 Å². The average molecular weight is 302 g/mol. The minimum Gasteiger partial charge on any atom is -0.396 e. The number of H-pyrrole nitrogens is 1. The molecule has 9 heteroatoms. The lowest BCUT2D eigenvalue weighted by Crippen LogP contribution is -2.28. The van der Waals surface area contributed by atoms with Gasteiger partial charge in [-0.05, 0) is 6.07 Å². The molecule has 0 saturated carbocycles. The number of hydrogen-bond acceptors (Lipinski definition) is 4. The summed E-state index contributed by atoms with van der Waals surface area (Å²) >= 11 is 0. The van der Waals surface area contributed by atoms with Crippen molar-refractivity contribution in [3.05, 3.63) is 42.0 Å². The molecule has 108 valence electrons. The lowest BCUT2D eigenvalue weighted by molar-refractivity contribution is 0.451. The van der Waals surface area contributed by atoms with Crippen molar-refractivity contribution in [2.75, 3.05) is 12.8 Å². The number of aromatic amines is 1. The van der Waals surface area contributed by atoms with Crippen molar-refractivity contribution in [2.24, 2.45) is 0 Å². The van der Waals surface area contributed by atoms with Crippen LogP contribution in [0.1, 0.15) is 5.82 Å². The molecule has 2 rings (SSSR count). The lowest BCUT2D eigenvalue weighted by Gasteiger charge is -2.16. The summed E-state index contributed by atoms with van der Waals surface area (Å²) in [4.78, 5) is 5.93. The van der Waals surface area contributed by atoms with E-state index >= 15 is 0 Å². The summed E-state index contributed by atoms with van der Waals surface area (Å²) in [5, 5.41) is 0. The van der Waals surface area contributed by atoms with E-state index in [0.717, 1.165) is 10.4 Å². The summed E-state index contributed by atoms with van der Waals surface area (Å²) in [5.41, 5.74) is 4.85. The zero-order valence-electron chi connectivity index (χ0n) is 10.5. The Kier molecular flexibility index (Phi) is 3.73. The van der Waals surface area contributed by atoms with Gasteiger partial charge < -0.3 is 10.7 Å². The highest BCUT2D eigenvalue weighted by Gasteiger charge is 2.26. The quantitative estimate of drug-likeness (QED) is 0.827. The monoisotopic (exact) mass is 302 g/mol. The summed E-state index contributed by atoms with van der Waals surface area (Å²) in [7, 11) is -2.87. The van der Waals surface area contributed by atoms with Gasteiger partial charge in [0.25, 0.3) is 0 Å². The van der Waals surface area contributed by atoms with Gasteiger partial charge in [0.1, 0.15) is 22.4 Å². The number of anilines is 1. The Morgan fingerprint density at radius 3 is 2.65 bits per heavy atom. The number of nitrogens with one attached hydrogen (secondary N) is 1. The van der Waals surface area contributed by atoms with Crippen LogP contribution < -0.4 is 5.73 Å². The first-order valence-corrected chi connectivity index (χ1v) is 6.95. The third-order valence-corrected chi connectivity index (χ3v) is 4.49. The second kappa shape index (κ2) is 5.17. The molecule has 1 aromatic carbocycles. The van der Waals surface area contributed by atoms with E-state index in [4.69, 9.17) is 5.73 Å². The van der Waals surface area contributed by atoms with Gasteiger partial charge in [-0.25, -0.2) is 22.2 Å². The highest BCUT2D eigenvalue weighted by molar-refractivity contribution is 7.89. The van der Waals surface area contributed by atoms with Gasteiger partial charge in [-0.2, -0.15) is 4.31 Å². The molecule has 0 saturated heterocycles. The normalized spacial score (nSPS) is 12.0. The zero-order chi connectivity index (χ0) is 14.9. The number of rotatable bonds is 4. The van der Waals surface area contributed by atoms with Crippen molar-refractivity contribution in [3.8, 4) is 0 Å². The van der Waals surface area contributed by atoms with E-state index in [-0.39, 0.29) is 6.54 Å². The highest BCUT2D eigenvalue weighted by atomic mass is 32.2. The van der Waals surface area contributed by atoms with Crippen LogP contribution in [-0.2, 0) is 16.6 Å². The predicted molar refractivity (Wildman–Crippen MR) is 68.0 cm³/mol. The molecule has 20 heavy (non-hydrogen) atoms. The first-order valence-electron chi connectivity index (χ1n) is 5.51. The molecule has 0 unspecified atom stereocenters. The van der Waals surface area contributed by atoms with Crippen molar-refractivity contribution in [2.45, 2.75) is 11.4 Å². The first-order chi connectivity index (χ1) is 9.32. The molecule has 0 fully saturated rings. The fourth-order valence-corrected chi connectivity index (χ4v) is 2.80. The average Bonchev–Trinajstić information content (AvgIpc) is 2.86. The number of halogens is 2. The van der Waals surface area contributed by atoms with Crippen LogP contribution in [0.4, 0.5) is 14.5 Å². The van der Waals surface area contributed by atoms with Crippen LogP contribution >= 0.6 is 0 Å². The molecule has 0 bridgehead atoms. The van der Waals surface area contributed by atoms with Crippen molar-refractivity contribution in [3.63, 3.8) is 0 Å². The number of benzene rings is 1. The van der Waals surface area contributed by atoms with Gasteiger partial charge in [0.2, 0.25) is 10.0 Å². The fourth-order valence-electron chi connectivity index (χ4n) is 1.59. The van der Waals surface area contributed by atoms with Gasteiger partial charge in [-0.3, -0.25) is 0 Å². The molecule has 2 aromatic rings. The molecular formula is C11H12F2N4O2S. The van der Waals surface area contributed by atoms with Gasteiger partial charge in [0.05, 0.1) is 12.2 Å². The van der Waals surface area contributed by atoms with Gasteiger partial charge in [0, 0.05) is 25.5 Å². The Labute approximate surface area is 114 Å². The Morgan fingerprint density at radius 2 is 2.05 bits per heavy atom. The number of nitrogens with two attached hydrogens (primary N) is 1. The summed E-state index contributed by atoms with van der Waals surface area (Å²) in [6.07, 6.45) is 3.00. The molecule has 0 radical (unpaired) electrons. The summed E-state index contributed by atoms with van der Waals surface area (Å²) in [6.45, 7) is -0.0773. The van der Waals surface area contributed by atoms with E-state index in [1.807, 2.05) is 0 Å². The van der Waals surface area contributed by atoms with Crippen molar-refractivity contribution >= 4 is 15.7 Å². The zero-order valence-corrected chi connectivity index (χ0v) is 11.3. The lowest BCUT2D eigenvalue weighted by atomic mass is 10.3. The molecule has 0 amide bonds. The maximum atomic E-state index is 13.6. The van der Waals surface area contributed by atoms with Gasteiger partial charge in [0.15, 0.2) is 0 Å².